The summed E-state index contributed by atoms with van der Waals surface area (Å²) < 4.78 is 10.7. The first kappa shape index (κ1) is 15.3. The fourth-order valence-electron chi connectivity index (χ4n) is 1.18. The van der Waals surface area contributed by atoms with Crippen LogP contribution in [0.1, 0.15) is 20.3 Å². The molecule has 0 aromatic rings. The molecule has 5 heteroatoms. The number of ether oxygens (including phenoxy) is 2. The minimum absolute atomic E-state index is 0.122. The first-order valence-corrected chi connectivity index (χ1v) is 5.75. The van der Waals surface area contributed by atoms with Crippen LogP contribution in [0.3, 0.4) is 0 Å². The molecule has 0 saturated carbocycles. The monoisotopic (exact) mass is 232 g/mol. The Morgan fingerprint density at radius 2 is 1.81 bits per heavy atom. The SMILES string of the molecule is CCOC(CNCCC(=O)N(C)C)OCC. The fourth-order valence-corrected chi connectivity index (χ4v) is 1.18. The van der Waals surface area contributed by atoms with Gasteiger partial charge in [-0.15, -0.1) is 0 Å². The molecule has 1 N–H and O–H groups in total. The number of carbonyl (C=O) groups excluding carboxylic acids is 1. The van der Waals surface area contributed by atoms with Gasteiger partial charge in [0.1, 0.15) is 0 Å². The zero-order valence-electron chi connectivity index (χ0n) is 10.8. The Balaban J connectivity index is 3.57. The van der Waals surface area contributed by atoms with E-state index in [1.165, 1.54) is 0 Å². The van der Waals surface area contributed by atoms with E-state index in [2.05, 4.69) is 5.32 Å². The van der Waals surface area contributed by atoms with E-state index in [0.29, 0.717) is 32.7 Å². The van der Waals surface area contributed by atoms with E-state index >= 15 is 0 Å². The van der Waals surface area contributed by atoms with Gasteiger partial charge in [0.05, 0.1) is 0 Å². The van der Waals surface area contributed by atoms with E-state index in [1.54, 1.807) is 19.0 Å². The number of nitrogens with one attached hydrogen (secondary N) is 1. The molecule has 0 aliphatic carbocycles. The zero-order chi connectivity index (χ0) is 12.4. The van der Waals surface area contributed by atoms with Crippen molar-refractivity contribution >= 4 is 5.91 Å². The van der Waals surface area contributed by atoms with Crippen LogP contribution < -0.4 is 5.32 Å². The molecule has 1 amide bonds. The normalized spacial score (nSPS) is 10.8. The summed E-state index contributed by atoms with van der Waals surface area (Å²) in [7, 11) is 3.51. The summed E-state index contributed by atoms with van der Waals surface area (Å²) in [5.41, 5.74) is 0. The second-order valence-corrected chi connectivity index (χ2v) is 3.58. The summed E-state index contributed by atoms with van der Waals surface area (Å²) in [6.07, 6.45) is 0.280. The third kappa shape index (κ3) is 7.62. The minimum atomic E-state index is -0.218. The zero-order valence-corrected chi connectivity index (χ0v) is 10.8. The van der Waals surface area contributed by atoms with Crippen LogP contribution in [0.25, 0.3) is 0 Å². The van der Waals surface area contributed by atoms with Crippen molar-refractivity contribution in [2.75, 3.05) is 40.4 Å². The molecule has 0 saturated heterocycles. The largest absolute Gasteiger partial charge is 0.352 e. The highest BCUT2D eigenvalue weighted by Gasteiger charge is 2.08. The summed E-state index contributed by atoms with van der Waals surface area (Å²) in [5, 5.41) is 3.14. The predicted octanol–water partition coefficient (Wildman–Crippen LogP) is 0.453. The molecule has 0 spiro atoms. The van der Waals surface area contributed by atoms with Gasteiger partial charge in [-0.25, -0.2) is 0 Å². The summed E-state index contributed by atoms with van der Waals surface area (Å²) in [6, 6.07) is 0. The van der Waals surface area contributed by atoms with Gasteiger partial charge in [-0.2, -0.15) is 0 Å². The molecule has 0 bridgehead atoms. The molecule has 96 valence electrons. The summed E-state index contributed by atoms with van der Waals surface area (Å²) >= 11 is 0. The Morgan fingerprint density at radius 3 is 2.25 bits per heavy atom. The molecule has 16 heavy (non-hydrogen) atoms. The van der Waals surface area contributed by atoms with Gasteiger partial charge in [-0.3, -0.25) is 4.79 Å². The lowest BCUT2D eigenvalue weighted by Gasteiger charge is -2.17. The van der Waals surface area contributed by atoms with Crippen molar-refractivity contribution in [3.05, 3.63) is 0 Å². The molecule has 5 nitrogen and oxygen atoms in total. The van der Waals surface area contributed by atoms with Gasteiger partial charge >= 0.3 is 0 Å². The highest BCUT2D eigenvalue weighted by molar-refractivity contribution is 5.75. The third-order valence-corrected chi connectivity index (χ3v) is 2.03. The van der Waals surface area contributed by atoms with E-state index in [1.807, 2.05) is 13.8 Å². The Morgan fingerprint density at radius 1 is 1.25 bits per heavy atom. The van der Waals surface area contributed by atoms with Gasteiger partial charge in [-0.1, -0.05) is 0 Å². The van der Waals surface area contributed by atoms with Crippen molar-refractivity contribution < 1.29 is 14.3 Å². The first-order valence-electron chi connectivity index (χ1n) is 5.75. The van der Waals surface area contributed by atoms with Gasteiger partial charge in [-0.05, 0) is 13.8 Å². The number of nitrogens with zero attached hydrogens (tertiary/aromatic N) is 1. The highest BCUT2D eigenvalue weighted by Crippen LogP contribution is 1.93. The van der Waals surface area contributed by atoms with Crippen molar-refractivity contribution in [3.8, 4) is 0 Å². The molecule has 0 aromatic carbocycles. The average Bonchev–Trinajstić information content (AvgIpc) is 2.24. The lowest BCUT2D eigenvalue weighted by Crippen LogP contribution is -2.34. The van der Waals surface area contributed by atoms with Crippen LogP contribution in [0.15, 0.2) is 0 Å². The Bertz CT molecular complexity index is 180. The maximum absolute atomic E-state index is 11.3. The standard InChI is InChI=1S/C11H24N2O3/c1-5-15-11(16-6-2)9-12-8-7-10(14)13(3)4/h11-12H,5-9H2,1-4H3. The van der Waals surface area contributed by atoms with Crippen molar-refractivity contribution in [3.63, 3.8) is 0 Å². The molecule has 0 unspecified atom stereocenters. The van der Waals surface area contributed by atoms with Gasteiger partial charge < -0.3 is 19.7 Å². The smallest absolute Gasteiger partial charge is 0.223 e. The van der Waals surface area contributed by atoms with Gasteiger partial charge in [0.25, 0.3) is 0 Å². The number of amides is 1. The first-order chi connectivity index (χ1) is 7.61. The van der Waals surface area contributed by atoms with Crippen molar-refractivity contribution in [2.45, 2.75) is 26.6 Å². The van der Waals surface area contributed by atoms with Crippen LogP contribution in [0.2, 0.25) is 0 Å². The average molecular weight is 232 g/mol. The molecule has 0 fully saturated rings. The topological polar surface area (TPSA) is 50.8 Å². The Hall–Kier alpha value is -0.650. The molecular formula is C11H24N2O3. The molecule has 0 radical (unpaired) electrons. The second-order valence-electron chi connectivity index (χ2n) is 3.58. The van der Waals surface area contributed by atoms with Crippen molar-refractivity contribution in [1.29, 1.82) is 0 Å². The van der Waals surface area contributed by atoms with Crippen molar-refractivity contribution in [2.24, 2.45) is 0 Å². The highest BCUT2D eigenvalue weighted by atomic mass is 16.7. The minimum Gasteiger partial charge on any atom is -0.352 e. The summed E-state index contributed by atoms with van der Waals surface area (Å²) in [6.45, 7) is 6.38. The second kappa shape index (κ2) is 9.57. The van der Waals surface area contributed by atoms with Gasteiger partial charge in [0.2, 0.25) is 5.91 Å². The van der Waals surface area contributed by atoms with E-state index in [-0.39, 0.29) is 12.2 Å². The van der Waals surface area contributed by atoms with Gasteiger partial charge in [0, 0.05) is 46.8 Å². The van der Waals surface area contributed by atoms with Crippen LogP contribution in [0.4, 0.5) is 0 Å². The molecule has 0 heterocycles. The molecule has 0 rings (SSSR count). The number of hydrogen-bond donors (Lipinski definition) is 1. The lowest BCUT2D eigenvalue weighted by molar-refractivity contribution is -0.134. The van der Waals surface area contributed by atoms with Crippen LogP contribution >= 0.6 is 0 Å². The fraction of sp³-hybridized carbons (Fsp3) is 0.909. The number of rotatable bonds is 9. The Labute approximate surface area is 98.1 Å². The van der Waals surface area contributed by atoms with Crippen LogP contribution in [0, 0.1) is 0 Å². The summed E-state index contributed by atoms with van der Waals surface area (Å²) in [4.78, 5) is 12.8. The van der Waals surface area contributed by atoms with Crippen LogP contribution in [-0.2, 0) is 14.3 Å². The molecular weight excluding hydrogens is 208 g/mol. The van der Waals surface area contributed by atoms with E-state index in [0.717, 1.165) is 0 Å². The van der Waals surface area contributed by atoms with E-state index < -0.39 is 0 Å². The van der Waals surface area contributed by atoms with Crippen molar-refractivity contribution in [1.82, 2.24) is 10.2 Å². The van der Waals surface area contributed by atoms with Crippen LogP contribution in [-0.4, -0.2) is 57.5 Å². The maximum Gasteiger partial charge on any atom is 0.223 e. The molecule has 0 atom stereocenters. The molecule has 0 aliphatic rings. The van der Waals surface area contributed by atoms with E-state index in [9.17, 15) is 4.79 Å². The lowest BCUT2D eigenvalue weighted by atomic mass is 10.4. The molecule has 0 aromatic heterocycles. The number of carbonyl (C=O) groups is 1. The number of hydrogen-bond acceptors (Lipinski definition) is 4. The Kier molecular flexibility index (Phi) is 9.18. The van der Waals surface area contributed by atoms with E-state index in [4.69, 9.17) is 9.47 Å². The van der Waals surface area contributed by atoms with Gasteiger partial charge in [0.15, 0.2) is 6.29 Å². The maximum atomic E-state index is 11.3. The predicted molar refractivity (Wildman–Crippen MR) is 63.2 cm³/mol. The molecule has 0 aliphatic heterocycles. The quantitative estimate of drug-likeness (QED) is 0.463. The third-order valence-electron chi connectivity index (χ3n) is 2.03. The summed E-state index contributed by atoms with van der Waals surface area (Å²) in [5.74, 6) is 0.122. The van der Waals surface area contributed by atoms with Crippen LogP contribution in [0.5, 0.6) is 0 Å².